The molecule has 3 nitrogen and oxygen atoms in total. The number of allylic oxidation sites excluding steroid dienone is 3. The van der Waals surface area contributed by atoms with Crippen LogP contribution in [0.15, 0.2) is 24.4 Å². The number of thiol groups is 1. The van der Waals surface area contributed by atoms with Gasteiger partial charge in [-0.2, -0.15) is 4.55 Å². The highest BCUT2D eigenvalue weighted by Crippen LogP contribution is 2.09. The highest BCUT2D eigenvalue weighted by molar-refractivity contribution is 7.69. The summed E-state index contributed by atoms with van der Waals surface area (Å²) >= 11 is 0.405. The molecule has 14 heavy (non-hydrogen) atoms. The lowest BCUT2D eigenvalue weighted by atomic mass is 10.2. The Morgan fingerprint density at radius 3 is 2.57 bits per heavy atom. The first-order valence-electron chi connectivity index (χ1n) is 4.90. The molecule has 1 aliphatic rings. The Labute approximate surface area is 90.4 Å². The molecule has 0 aromatic heterocycles. The van der Waals surface area contributed by atoms with E-state index < -0.39 is 0 Å². The van der Waals surface area contributed by atoms with Crippen LogP contribution >= 0.6 is 0 Å². The second kappa shape index (κ2) is 6.11. The molecule has 0 amide bonds. The number of rotatable bonds is 4. The number of nitrogens with zero attached hydrogens (tertiary/aromatic N) is 2. The predicted octanol–water partition coefficient (Wildman–Crippen LogP) is 1.29. The Balaban J connectivity index is 2.37. The molecule has 0 bridgehead atoms. The van der Waals surface area contributed by atoms with Gasteiger partial charge in [-0.05, 0) is 13.3 Å². The average molecular weight is 215 g/mol. The van der Waals surface area contributed by atoms with Gasteiger partial charge in [0.05, 0.1) is 13.1 Å². The smallest absolute Gasteiger partial charge is 0.222 e. The van der Waals surface area contributed by atoms with Gasteiger partial charge >= 0.3 is 0 Å². The van der Waals surface area contributed by atoms with Gasteiger partial charge in [-0.1, -0.05) is 16.5 Å². The first-order chi connectivity index (χ1) is 6.77. The molecule has 0 aromatic rings. The third-order valence-corrected chi connectivity index (χ3v) is 3.11. The van der Waals surface area contributed by atoms with Gasteiger partial charge in [-0.25, -0.2) is 0 Å². The van der Waals surface area contributed by atoms with Gasteiger partial charge in [0.15, 0.2) is 0 Å². The van der Waals surface area contributed by atoms with Crippen molar-refractivity contribution >= 4 is 12.2 Å². The van der Waals surface area contributed by atoms with Gasteiger partial charge < -0.3 is 4.90 Å². The molecule has 1 rings (SSSR count). The average Bonchev–Trinajstić information content (AvgIpc) is 2.26. The summed E-state index contributed by atoms with van der Waals surface area (Å²) in [4.78, 5) is 2.35. The predicted molar refractivity (Wildman–Crippen MR) is 63.1 cm³/mol. The molecular formula is C10H19N2OS+. The van der Waals surface area contributed by atoms with Crippen LogP contribution in [0.5, 0.6) is 0 Å². The standard InChI is InChI=1S/C10H18N2OS/c1-3-4-5-10(2)11-6-8-12(14-13)9-7-11/h3,5,13H,1,4,6-9H2,2H3/p+1/b10-5-. The van der Waals surface area contributed by atoms with E-state index in [1.54, 1.807) is 0 Å². The summed E-state index contributed by atoms with van der Waals surface area (Å²) < 4.78 is 10.9. The highest BCUT2D eigenvalue weighted by atomic mass is 32.2. The van der Waals surface area contributed by atoms with Crippen LogP contribution in [0.2, 0.25) is 0 Å². The van der Waals surface area contributed by atoms with E-state index in [4.69, 9.17) is 4.55 Å². The van der Waals surface area contributed by atoms with Gasteiger partial charge in [0.2, 0.25) is 12.2 Å². The largest absolute Gasteiger partial charge is 0.372 e. The molecule has 1 fully saturated rings. The second-order valence-corrected chi connectivity index (χ2v) is 4.14. The van der Waals surface area contributed by atoms with Crippen molar-refractivity contribution in [1.82, 2.24) is 9.21 Å². The van der Waals surface area contributed by atoms with E-state index in [1.807, 2.05) is 10.4 Å². The van der Waals surface area contributed by atoms with Crippen LogP contribution in [-0.4, -0.2) is 39.9 Å². The summed E-state index contributed by atoms with van der Waals surface area (Å²) in [6.45, 7) is 9.73. The maximum absolute atomic E-state index is 8.91. The molecule has 0 atom stereocenters. The van der Waals surface area contributed by atoms with Gasteiger partial charge in [0.25, 0.3) is 0 Å². The van der Waals surface area contributed by atoms with Crippen molar-refractivity contribution in [3.63, 3.8) is 0 Å². The zero-order chi connectivity index (χ0) is 10.4. The Hall–Kier alpha value is -0.450. The van der Waals surface area contributed by atoms with Gasteiger partial charge in [0.1, 0.15) is 0 Å². The quantitative estimate of drug-likeness (QED) is 0.435. The van der Waals surface area contributed by atoms with E-state index in [0.717, 1.165) is 32.6 Å². The van der Waals surface area contributed by atoms with E-state index in [-0.39, 0.29) is 0 Å². The Morgan fingerprint density at radius 1 is 1.43 bits per heavy atom. The lowest BCUT2D eigenvalue weighted by molar-refractivity contribution is 0.233. The first-order valence-corrected chi connectivity index (χ1v) is 5.70. The van der Waals surface area contributed by atoms with Crippen molar-refractivity contribution in [2.45, 2.75) is 13.3 Å². The SMILES string of the molecule is C=CC/C=C(/C)N1CCN([SH+]O)CC1. The molecule has 80 valence electrons. The number of hydrogen-bond acceptors (Lipinski definition) is 3. The van der Waals surface area contributed by atoms with E-state index in [1.165, 1.54) is 5.70 Å². The lowest BCUT2D eigenvalue weighted by Gasteiger charge is -2.31. The minimum Gasteiger partial charge on any atom is -0.372 e. The van der Waals surface area contributed by atoms with Crippen molar-refractivity contribution in [2.75, 3.05) is 26.2 Å². The molecule has 0 unspecified atom stereocenters. The van der Waals surface area contributed by atoms with Gasteiger partial charge in [0, 0.05) is 18.8 Å². The van der Waals surface area contributed by atoms with Gasteiger partial charge in [-0.3, -0.25) is 0 Å². The van der Waals surface area contributed by atoms with Crippen molar-refractivity contribution < 1.29 is 4.55 Å². The maximum Gasteiger partial charge on any atom is 0.222 e. The molecule has 1 saturated heterocycles. The van der Waals surface area contributed by atoms with Crippen molar-refractivity contribution in [3.05, 3.63) is 24.4 Å². The minimum absolute atomic E-state index is 0.405. The molecule has 4 heteroatoms. The monoisotopic (exact) mass is 215 g/mol. The topological polar surface area (TPSA) is 26.7 Å². The Morgan fingerprint density at radius 2 is 2.07 bits per heavy atom. The van der Waals surface area contributed by atoms with Crippen molar-refractivity contribution in [1.29, 1.82) is 0 Å². The highest BCUT2D eigenvalue weighted by Gasteiger charge is 2.20. The van der Waals surface area contributed by atoms with E-state index in [2.05, 4.69) is 24.5 Å². The maximum atomic E-state index is 8.91. The van der Waals surface area contributed by atoms with E-state index >= 15 is 0 Å². The summed E-state index contributed by atoms with van der Waals surface area (Å²) in [6, 6.07) is 0. The zero-order valence-electron chi connectivity index (χ0n) is 8.69. The van der Waals surface area contributed by atoms with Crippen LogP contribution < -0.4 is 0 Å². The zero-order valence-corrected chi connectivity index (χ0v) is 9.58. The van der Waals surface area contributed by atoms with Crippen LogP contribution in [0.3, 0.4) is 0 Å². The Kier molecular flexibility index (Phi) is 5.07. The van der Waals surface area contributed by atoms with Crippen LogP contribution in [0.25, 0.3) is 0 Å². The summed E-state index contributed by atoms with van der Waals surface area (Å²) in [5.74, 6) is 0. The van der Waals surface area contributed by atoms with Gasteiger partial charge in [-0.15, -0.1) is 6.58 Å². The summed E-state index contributed by atoms with van der Waals surface area (Å²) in [5, 5.41) is 0. The molecular weight excluding hydrogens is 196 g/mol. The fourth-order valence-electron chi connectivity index (χ4n) is 1.52. The number of hydrogen-bond donors (Lipinski definition) is 1. The molecule has 0 spiro atoms. The van der Waals surface area contributed by atoms with Crippen LogP contribution in [0.1, 0.15) is 13.3 Å². The second-order valence-electron chi connectivity index (χ2n) is 3.40. The summed E-state index contributed by atoms with van der Waals surface area (Å²) in [6.07, 6.45) is 5.04. The number of piperazine rings is 1. The van der Waals surface area contributed by atoms with Crippen molar-refractivity contribution in [3.8, 4) is 0 Å². The third kappa shape index (κ3) is 3.36. The molecule has 0 aliphatic carbocycles. The normalized spacial score (nSPS) is 19.9. The lowest BCUT2D eigenvalue weighted by Crippen LogP contribution is -2.44. The van der Waals surface area contributed by atoms with Crippen LogP contribution in [-0.2, 0) is 12.2 Å². The third-order valence-electron chi connectivity index (χ3n) is 2.46. The first kappa shape index (κ1) is 11.6. The van der Waals surface area contributed by atoms with E-state index in [0.29, 0.717) is 12.2 Å². The van der Waals surface area contributed by atoms with Crippen molar-refractivity contribution in [2.24, 2.45) is 0 Å². The van der Waals surface area contributed by atoms with Crippen LogP contribution in [0.4, 0.5) is 0 Å². The molecule has 0 saturated carbocycles. The minimum atomic E-state index is 0.405. The molecule has 1 N–H and O–H groups in total. The Bertz CT molecular complexity index is 210. The van der Waals surface area contributed by atoms with Crippen LogP contribution in [0, 0.1) is 0 Å². The molecule has 0 aromatic carbocycles. The molecule has 0 radical (unpaired) electrons. The molecule has 1 heterocycles. The molecule has 1 aliphatic heterocycles. The summed E-state index contributed by atoms with van der Waals surface area (Å²) in [5.41, 5.74) is 1.32. The van der Waals surface area contributed by atoms with E-state index in [9.17, 15) is 0 Å². The summed E-state index contributed by atoms with van der Waals surface area (Å²) in [7, 11) is 0. The fraction of sp³-hybridized carbons (Fsp3) is 0.600. The fourth-order valence-corrected chi connectivity index (χ4v) is 1.88.